The second-order valence-corrected chi connectivity index (χ2v) is 8.58. The van der Waals surface area contributed by atoms with Crippen molar-refractivity contribution < 1.29 is 9.50 Å². The van der Waals surface area contributed by atoms with Gasteiger partial charge in [0.1, 0.15) is 5.83 Å². The van der Waals surface area contributed by atoms with Crippen molar-refractivity contribution in [2.45, 2.75) is 104 Å². The van der Waals surface area contributed by atoms with E-state index < -0.39 is 0 Å². The van der Waals surface area contributed by atoms with E-state index in [0.29, 0.717) is 12.5 Å². The van der Waals surface area contributed by atoms with Crippen molar-refractivity contribution in [1.29, 1.82) is 0 Å². The van der Waals surface area contributed by atoms with Crippen molar-refractivity contribution in [3.63, 3.8) is 0 Å². The Morgan fingerprint density at radius 1 is 1.13 bits per heavy atom. The van der Waals surface area contributed by atoms with E-state index in [4.69, 9.17) is 10.8 Å². The number of halogens is 1. The summed E-state index contributed by atoms with van der Waals surface area (Å²) < 4.78 is 14.8. The van der Waals surface area contributed by atoms with Crippen LogP contribution >= 0.6 is 0 Å². The second-order valence-electron chi connectivity index (χ2n) is 8.58. The monoisotopic (exact) mass is 425 g/mol. The predicted octanol–water partition coefficient (Wildman–Crippen LogP) is 4.93. The summed E-state index contributed by atoms with van der Waals surface area (Å²) in [5.41, 5.74) is 7.66. The molecule has 1 heterocycles. The summed E-state index contributed by atoms with van der Waals surface area (Å²) in [7, 11) is 1.00. The lowest BCUT2D eigenvalue weighted by Gasteiger charge is -2.41. The molecule has 0 bridgehead atoms. The van der Waals surface area contributed by atoms with Gasteiger partial charge in [-0.15, -0.1) is 0 Å². The molecule has 0 aromatic rings. The van der Waals surface area contributed by atoms with Crippen molar-refractivity contribution in [3.8, 4) is 0 Å². The standard InChI is InChI=1S/C22H38FN3.C2H6.CH4O/c1-3-7-18(15-24)25-16(2)20-14-21(22(20)23)17-10-12-26(13-11-17)19-8-5-4-6-9-19;2*1-2/h14,16-19,25H,3-13,15,24H2,1-2H3;1-2H3;2H,1H3. The van der Waals surface area contributed by atoms with Crippen LogP contribution in [0.15, 0.2) is 23.0 Å². The molecule has 2 aliphatic carbocycles. The zero-order chi connectivity index (χ0) is 22.5. The molecule has 2 atom stereocenters. The van der Waals surface area contributed by atoms with Crippen LogP contribution in [-0.4, -0.2) is 54.9 Å². The summed E-state index contributed by atoms with van der Waals surface area (Å²) >= 11 is 0. The number of hydrogen-bond acceptors (Lipinski definition) is 4. The first-order chi connectivity index (χ1) is 14.6. The van der Waals surface area contributed by atoms with E-state index in [9.17, 15) is 4.39 Å². The largest absolute Gasteiger partial charge is 0.400 e. The molecule has 0 aromatic heterocycles. The molecule has 3 aliphatic rings. The Balaban J connectivity index is 0.00000106. The van der Waals surface area contributed by atoms with Crippen LogP contribution in [0.1, 0.15) is 85.5 Å². The van der Waals surface area contributed by atoms with E-state index in [2.05, 4.69) is 30.1 Å². The van der Waals surface area contributed by atoms with Crippen molar-refractivity contribution >= 4 is 0 Å². The fourth-order valence-corrected chi connectivity index (χ4v) is 5.08. The number of nitrogens with two attached hydrogens (primary N) is 1. The quantitative estimate of drug-likeness (QED) is 0.516. The van der Waals surface area contributed by atoms with Gasteiger partial charge in [-0.25, -0.2) is 4.39 Å². The Kier molecular flexibility index (Phi) is 13.7. The highest BCUT2D eigenvalue weighted by atomic mass is 19.1. The van der Waals surface area contributed by atoms with E-state index in [-0.39, 0.29) is 17.9 Å². The number of nitrogens with one attached hydrogen (secondary N) is 1. The van der Waals surface area contributed by atoms with Crippen molar-refractivity contribution in [1.82, 2.24) is 10.2 Å². The Morgan fingerprint density at radius 2 is 1.73 bits per heavy atom. The fourth-order valence-electron chi connectivity index (χ4n) is 5.08. The van der Waals surface area contributed by atoms with E-state index >= 15 is 0 Å². The molecule has 0 radical (unpaired) electrons. The molecular formula is C25H48FN3O. The van der Waals surface area contributed by atoms with Crippen molar-refractivity contribution in [3.05, 3.63) is 23.0 Å². The molecule has 1 saturated carbocycles. The summed E-state index contributed by atoms with van der Waals surface area (Å²) in [6, 6.07) is 1.14. The second kappa shape index (κ2) is 15.1. The van der Waals surface area contributed by atoms with Gasteiger partial charge in [0, 0.05) is 37.4 Å². The highest BCUT2D eigenvalue weighted by Crippen LogP contribution is 2.40. The normalized spacial score (nSPS) is 22.7. The van der Waals surface area contributed by atoms with E-state index in [0.717, 1.165) is 63.1 Å². The lowest BCUT2D eigenvalue weighted by Crippen LogP contribution is -2.44. The fraction of sp³-hybridized carbons (Fsp3) is 0.840. The van der Waals surface area contributed by atoms with Crippen LogP contribution in [-0.2, 0) is 0 Å². The molecular weight excluding hydrogens is 377 g/mol. The first-order valence-electron chi connectivity index (χ1n) is 12.4. The number of allylic oxidation sites excluding steroid dienone is 2. The molecule has 1 aliphatic heterocycles. The number of rotatable bonds is 8. The molecule has 30 heavy (non-hydrogen) atoms. The third-order valence-electron chi connectivity index (χ3n) is 6.75. The van der Waals surface area contributed by atoms with Gasteiger partial charge in [0.2, 0.25) is 0 Å². The minimum atomic E-state index is 0.0566. The van der Waals surface area contributed by atoms with Crippen molar-refractivity contribution in [2.24, 2.45) is 11.7 Å². The van der Waals surface area contributed by atoms with Crippen LogP contribution in [0.2, 0.25) is 0 Å². The number of likely N-dealkylation sites (tertiary alicyclic amines) is 1. The Bertz CT molecular complexity index is 520. The van der Waals surface area contributed by atoms with Gasteiger partial charge in [-0.05, 0) is 69.7 Å². The highest BCUT2D eigenvalue weighted by Gasteiger charge is 2.34. The SMILES string of the molecule is CC.CCCC(CN)NC(C)C1=C(F)C(C2CCN(C3CCCCC3)CC2)=C1.CO. The zero-order valence-corrected chi connectivity index (χ0v) is 20.2. The van der Waals surface area contributed by atoms with Gasteiger partial charge < -0.3 is 21.1 Å². The van der Waals surface area contributed by atoms with Crippen LogP contribution in [0, 0.1) is 5.92 Å². The molecule has 2 unspecified atom stereocenters. The highest BCUT2D eigenvalue weighted by molar-refractivity contribution is 5.52. The number of aliphatic hydroxyl groups excluding tert-OH is 1. The smallest absolute Gasteiger partial charge is 0.131 e. The summed E-state index contributed by atoms with van der Waals surface area (Å²) in [6.45, 7) is 11.1. The first-order valence-corrected chi connectivity index (χ1v) is 12.4. The molecule has 4 nitrogen and oxygen atoms in total. The van der Waals surface area contributed by atoms with Crippen LogP contribution in [0.25, 0.3) is 0 Å². The van der Waals surface area contributed by atoms with Gasteiger partial charge in [-0.2, -0.15) is 0 Å². The predicted molar refractivity (Wildman–Crippen MR) is 127 cm³/mol. The number of aliphatic hydroxyl groups is 1. The maximum Gasteiger partial charge on any atom is 0.131 e. The van der Waals surface area contributed by atoms with Crippen LogP contribution < -0.4 is 11.1 Å². The van der Waals surface area contributed by atoms with E-state index in [1.165, 1.54) is 32.1 Å². The molecule has 0 amide bonds. The Hall–Kier alpha value is -0.750. The van der Waals surface area contributed by atoms with Crippen molar-refractivity contribution in [2.75, 3.05) is 26.7 Å². The van der Waals surface area contributed by atoms with Gasteiger partial charge in [0.15, 0.2) is 0 Å². The average molecular weight is 426 g/mol. The van der Waals surface area contributed by atoms with E-state index in [1.807, 2.05) is 13.8 Å². The third kappa shape index (κ3) is 7.44. The van der Waals surface area contributed by atoms with Gasteiger partial charge in [0.25, 0.3) is 0 Å². The third-order valence-corrected chi connectivity index (χ3v) is 6.75. The van der Waals surface area contributed by atoms with Gasteiger partial charge in [-0.3, -0.25) is 0 Å². The Labute approximate surface area is 185 Å². The Morgan fingerprint density at radius 3 is 2.23 bits per heavy atom. The van der Waals surface area contributed by atoms with Crippen LogP contribution in [0.3, 0.4) is 0 Å². The molecule has 1 saturated heterocycles. The van der Waals surface area contributed by atoms with Gasteiger partial charge >= 0.3 is 0 Å². The van der Waals surface area contributed by atoms with Gasteiger partial charge in [-0.1, -0.05) is 46.5 Å². The van der Waals surface area contributed by atoms with Crippen LogP contribution in [0.4, 0.5) is 4.39 Å². The lowest BCUT2D eigenvalue weighted by molar-refractivity contribution is 0.114. The summed E-state index contributed by atoms with van der Waals surface area (Å²) in [5, 5.41) is 10.5. The minimum Gasteiger partial charge on any atom is -0.400 e. The molecule has 2 fully saturated rings. The maximum absolute atomic E-state index is 14.8. The summed E-state index contributed by atoms with van der Waals surface area (Å²) in [4.78, 5) is 2.68. The summed E-state index contributed by atoms with van der Waals surface area (Å²) in [6.07, 6.45) is 13.4. The first kappa shape index (κ1) is 27.3. The zero-order valence-electron chi connectivity index (χ0n) is 20.2. The topological polar surface area (TPSA) is 61.5 Å². The van der Waals surface area contributed by atoms with Gasteiger partial charge in [0.05, 0.1) is 0 Å². The molecule has 0 spiro atoms. The minimum absolute atomic E-state index is 0.0566. The maximum atomic E-state index is 14.8. The number of hydrogen-bond donors (Lipinski definition) is 3. The van der Waals surface area contributed by atoms with E-state index in [1.54, 1.807) is 0 Å². The van der Waals surface area contributed by atoms with Crippen LogP contribution in [0.5, 0.6) is 0 Å². The number of piperidine rings is 1. The lowest BCUT2D eigenvalue weighted by atomic mass is 9.79. The molecule has 4 N–H and O–H groups in total. The average Bonchev–Trinajstić information content (AvgIpc) is 2.81. The number of nitrogens with zero attached hydrogens (tertiary/aromatic N) is 1. The molecule has 3 rings (SSSR count). The molecule has 176 valence electrons. The molecule has 5 heteroatoms. The molecule has 0 aromatic carbocycles. The summed E-state index contributed by atoms with van der Waals surface area (Å²) in [5.74, 6) is 0.486.